The van der Waals surface area contributed by atoms with Crippen LogP contribution >= 0.6 is 0 Å². The van der Waals surface area contributed by atoms with Crippen molar-refractivity contribution >= 4 is 15.8 Å². The van der Waals surface area contributed by atoms with E-state index >= 15 is 0 Å². The highest BCUT2D eigenvalue weighted by Gasteiger charge is 2.63. The number of fused-ring (bicyclic) bond motifs is 3. The number of carbonyl (C=O) groups is 1. The Hall–Kier alpha value is -2.61. The maximum Gasteiger partial charge on any atom is 0.393 e. The Morgan fingerprint density at radius 3 is 1.74 bits per heavy atom. The van der Waals surface area contributed by atoms with E-state index in [-0.39, 0.29) is 13.2 Å². The van der Waals surface area contributed by atoms with Crippen LogP contribution in [0.25, 0.3) is 0 Å². The van der Waals surface area contributed by atoms with Crippen molar-refractivity contribution in [1.29, 1.82) is 0 Å². The summed E-state index contributed by atoms with van der Waals surface area (Å²) in [6.45, 7) is -0.246. The summed E-state index contributed by atoms with van der Waals surface area (Å²) < 4.78 is 95.3. The SMILES string of the molecule is O=C1C=C[C@H](S(=O)(=O)N2[C@H]3COC(c4ccccc4)O[C@H]3[C@@H]3OC(c4ccccc4)OC[C@@H]32)[C@@H](C(F)(F)F)C1. The standard InChI is InChI=1S/C27H26F3NO7S/c28-27(29,30)19-13-18(32)11-12-22(19)39(33,34)31-20-14-35-25(16-7-3-1-4-8-16)37-23(20)24-21(31)15-36-26(38-24)17-9-5-2-6-10-17/h1-12,19-26H,13-15H2/t19-,20-,21-,22-,23+,24+,25?,26?/m0/s1. The lowest BCUT2D eigenvalue weighted by atomic mass is 9.92. The van der Waals surface area contributed by atoms with Crippen molar-refractivity contribution in [2.75, 3.05) is 13.2 Å². The van der Waals surface area contributed by atoms with Crippen LogP contribution in [0.4, 0.5) is 13.2 Å². The molecular formula is C27H26F3NO7S. The normalized spacial score (nSPS) is 35.4. The Balaban J connectivity index is 1.36. The van der Waals surface area contributed by atoms with Gasteiger partial charge in [0, 0.05) is 17.5 Å². The summed E-state index contributed by atoms with van der Waals surface area (Å²) >= 11 is 0. The van der Waals surface area contributed by atoms with Gasteiger partial charge in [-0.2, -0.15) is 17.5 Å². The first kappa shape index (κ1) is 26.6. The van der Waals surface area contributed by atoms with Crippen LogP contribution in [0.3, 0.4) is 0 Å². The van der Waals surface area contributed by atoms with E-state index in [9.17, 15) is 26.4 Å². The van der Waals surface area contributed by atoms with Crippen LogP contribution in [-0.2, 0) is 33.8 Å². The highest BCUT2D eigenvalue weighted by atomic mass is 32.2. The molecule has 0 radical (unpaired) electrons. The second-order valence-electron chi connectivity index (χ2n) is 10.0. The van der Waals surface area contributed by atoms with Gasteiger partial charge < -0.3 is 18.9 Å². The van der Waals surface area contributed by atoms with Crippen LogP contribution in [0.1, 0.15) is 30.1 Å². The number of hydrogen-bond acceptors (Lipinski definition) is 7. The maximum absolute atomic E-state index is 14.0. The van der Waals surface area contributed by atoms with Gasteiger partial charge in [-0.25, -0.2) is 8.42 Å². The van der Waals surface area contributed by atoms with E-state index in [0.717, 1.165) is 16.5 Å². The highest BCUT2D eigenvalue weighted by molar-refractivity contribution is 7.90. The van der Waals surface area contributed by atoms with Gasteiger partial charge >= 0.3 is 6.18 Å². The summed E-state index contributed by atoms with van der Waals surface area (Å²) in [6.07, 6.45) is -7.38. The second-order valence-corrected chi connectivity index (χ2v) is 12.0. The molecule has 0 spiro atoms. The molecule has 0 amide bonds. The van der Waals surface area contributed by atoms with Crippen LogP contribution < -0.4 is 0 Å². The van der Waals surface area contributed by atoms with Crippen molar-refractivity contribution in [2.45, 2.75) is 54.7 Å². The Kier molecular flexibility index (Phi) is 6.89. The van der Waals surface area contributed by atoms with Gasteiger partial charge in [-0.15, -0.1) is 0 Å². The molecule has 2 aromatic carbocycles. The van der Waals surface area contributed by atoms with E-state index in [4.69, 9.17) is 18.9 Å². The maximum atomic E-state index is 14.0. The highest BCUT2D eigenvalue weighted by Crippen LogP contribution is 2.47. The van der Waals surface area contributed by atoms with Crippen molar-refractivity contribution in [3.05, 3.63) is 83.9 Å². The number of rotatable bonds is 4. The Bertz CT molecular complexity index is 1270. The average molecular weight is 566 g/mol. The van der Waals surface area contributed by atoms with Gasteiger partial charge in [-0.05, 0) is 6.08 Å². The fourth-order valence-electron chi connectivity index (χ4n) is 5.82. The molecule has 208 valence electrons. The minimum absolute atomic E-state index is 0.123. The molecule has 0 aromatic heterocycles. The predicted molar refractivity (Wildman–Crippen MR) is 130 cm³/mol. The molecule has 3 aliphatic heterocycles. The summed E-state index contributed by atoms with van der Waals surface area (Å²) in [6, 6.07) is 16.2. The Morgan fingerprint density at radius 2 is 1.28 bits per heavy atom. The summed E-state index contributed by atoms with van der Waals surface area (Å²) in [5.41, 5.74) is 1.43. The number of halogens is 3. The molecule has 12 heteroatoms. The second kappa shape index (κ2) is 10.1. The van der Waals surface area contributed by atoms with Gasteiger partial charge in [0.1, 0.15) is 17.5 Å². The van der Waals surface area contributed by atoms with Gasteiger partial charge in [0.25, 0.3) is 0 Å². The van der Waals surface area contributed by atoms with E-state index in [1.165, 1.54) is 0 Å². The fraction of sp³-hybridized carbons (Fsp3) is 0.444. The van der Waals surface area contributed by atoms with E-state index in [1.807, 2.05) is 36.4 Å². The number of carbonyl (C=O) groups excluding carboxylic acids is 1. The van der Waals surface area contributed by atoms with Gasteiger partial charge in [-0.3, -0.25) is 4.79 Å². The quantitative estimate of drug-likeness (QED) is 0.559. The summed E-state index contributed by atoms with van der Waals surface area (Å²) in [4.78, 5) is 11.8. The molecule has 4 aliphatic rings. The number of allylic oxidation sites excluding steroid dienone is 1. The molecule has 2 unspecified atom stereocenters. The number of benzene rings is 2. The van der Waals surface area contributed by atoms with Crippen molar-refractivity contribution in [2.24, 2.45) is 5.92 Å². The Labute approximate surface area is 223 Å². The lowest BCUT2D eigenvalue weighted by Crippen LogP contribution is -2.55. The van der Waals surface area contributed by atoms with Crippen molar-refractivity contribution in [3.8, 4) is 0 Å². The number of hydrogen-bond donors (Lipinski definition) is 0. The molecule has 39 heavy (non-hydrogen) atoms. The molecule has 6 rings (SSSR count). The van der Waals surface area contributed by atoms with Gasteiger partial charge in [0.2, 0.25) is 10.0 Å². The molecule has 3 fully saturated rings. The zero-order chi connectivity index (χ0) is 27.4. The van der Waals surface area contributed by atoms with E-state index in [2.05, 4.69) is 0 Å². The number of alkyl halides is 3. The van der Waals surface area contributed by atoms with Crippen LogP contribution in [0.5, 0.6) is 0 Å². The molecule has 3 saturated heterocycles. The van der Waals surface area contributed by atoms with E-state index < -0.39 is 76.4 Å². The number of sulfonamides is 1. The van der Waals surface area contributed by atoms with Crippen LogP contribution in [0.15, 0.2) is 72.8 Å². The molecular weight excluding hydrogens is 539 g/mol. The van der Waals surface area contributed by atoms with Crippen LogP contribution in [0, 0.1) is 5.92 Å². The molecule has 0 N–H and O–H groups in total. The zero-order valence-electron chi connectivity index (χ0n) is 20.5. The summed E-state index contributed by atoms with van der Waals surface area (Å²) in [7, 11) is -4.67. The lowest BCUT2D eigenvalue weighted by Gasteiger charge is -2.39. The van der Waals surface area contributed by atoms with E-state index in [0.29, 0.717) is 11.1 Å². The number of ether oxygens (including phenoxy) is 4. The topological polar surface area (TPSA) is 91.4 Å². The predicted octanol–water partition coefficient (Wildman–Crippen LogP) is 3.67. The summed E-state index contributed by atoms with van der Waals surface area (Å²) in [5.74, 6) is -3.14. The third kappa shape index (κ3) is 4.83. The average Bonchev–Trinajstić information content (AvgIpc) is 3.27. The van der Waals surface area contributed by atoms with Gasteiger partial charge in [-0.1, -0.05) is 66.7 Å². The first-order valence-corrected chi connectivity index (χ1v) is 14.1. The van der Waals surface area contributed by atoms with Crippen LogP contribution in [-0.4, -0.2) is 67.4 Å². The fourth-order valence-corrected chi connectivity index (χ4v) is 8.16. The first-order chi connectivity index (χ1) is 18.6. The van der Waals surface area contributed by atoms with Crippen molar-refractivity contribution < 1.29 is 45.3 Å². The van der Waals surface area contributed by atoms with Gasteiger partial charge in [0.05, 0.1) is 31.2 Å². The molecule has 8 nitrogen and oxygen atoms in total. The monoisotopic (exact) mass is 565 g/mol. The molecule has 0 saturated carbocycles. The zero-order valence-corrected chi connectivity index (χ0v) is 21.3. The van der Waals surface area contributed by atoms with Crippen molar-refractivity contribution in [3.63, 3.8) is 0 Å². The Morgan fingerprint density at radius 1 is 0.795 bits per heavy atom. The molecule has 3 heterocycles. The largest absolute Gasteiger partial charge is 0.393 e. The first-order valence-electron chi connectivity index (χ1n) is 12.6. The molecule has 2 aromatic rings. The third-order valence-electron chi connectivity index (χ3n) is 7.63. The molecule has 8 atom stereocenters. The lowest BCUT2D eigenvalue weighted by molar-refractivity contribution is -0.278. The minimum atomic E-state index is -4.90. The summed E-state index contributed by atoms with van der Waals surface area (Å²) in [5, 5.41) is -1.98. The minimum Gasteiger partial charge on any atom is -0.347 e. The van der Waals surface area contributed by atoms with Crippen molar-refractivity contribution in [1.82, 2.24) is 4.31 Å². The van der Waals surface area contributed by atoms with E-state index in [1.54, 1.807) is 24.3 Å². The third-order valence-corrected chi connectivity index (χ3v) is 9.93. The molecule has 0 bridgehead atoms. The number of nitrogens with zero attached hydrogens (tertiary/aromatic N) is 1. The number of ketones is 1. The smallest absolute Gasteiger partial charge is 0.347 e. The van der Waals surface area contributed by atoms with Gasteiger partial charge in [0.15, 0.2) is 18.4 Å². The molecule has 1 aliphatic carbocycles. The van der Waals surface area contributed by atoms with Crippen LogP contribution in [0.2, 0.25) is 0 Å².